The summed E-state index contributed by atoms with van der Waals surface area (Å²) in [5.41, 5.74) is 4.59. The van der Waals surface area contributed by atoms with Crippen molar-refractivity contribution in [1.29, 1.82) is 0 Å². The van der Waals surface area contributed by atoms with Gasteiger partial charge in [-0.05, 0) is 6.92 Å². The molecule has 0 radical (unpaired) electrons. The average molecular weight is 589 g/mol. The number of ether oxygens (including phenoxy) is 2. The fraction of sp³-hybridized carbons (Fsp3) is 0.688. The van der Waals surface area contributed by atoms with Crippen LogP contribution in [-0.2, 0) is 32.0 Å². The number of imidazole rings is 1. The standard InChI is InChI=1S/C16H25N5O15P2/c1-4(22)11-8(24)10(26)15(34-11)35-38(30,31)36-37(28,29)32-2-5-7(23)9(25)14(33-5)21-3-18-6-12(21)19-16(17)20-13(6)27/h3-5,7-11,14-15,22-26H,2H2,1H3,(H,28,29)(H,30,31)(H3,17,19,20,27)/t4-,5+,7+,8-,9+,10-,11+,14+,15-/m0/s1. The van der Waals surface area contributed by atoms with Crippen molar-refractivity contribution in [2.24, 2.45) is 0 Å². The van der Waals surface area contributed by atoms with Crippen molar-refractivity contribution in [1.82, 2.24) is 19.5 Å². The highest BCUT2D eigenvalue weighted by atomic mass is 31.3. The molecule has 38 heavy (non-hydrogen) atoms. The maximum atomic E-state index is 12.3. The molecule has 11 atom stereocenters. The van der Waals surface area contributed by atoms with E-state index >= 15 is 0 Å². The summed E-state index contributed by atoms with van der Waals surface area (Å²) in [6.07, 6.45) is -13.6. The molecule has 0 aromatic carbocycles. The van der Waals surface area contributed by atoms with E-state index < -0.39 is 83.1 Å². The molecule has 2 fully saturated rings. The van der Waals surface area contributed by atoms with Gasteiger partial charge in [0.15, 0.2) is 23.7 Å². The Bertz CT molecular complexity index is 1320. The van der Waals surface area contributed by atoms with Gasteiger partial charge in [0.1, 0.15) is 36.6 Å². The zero-order valence-corrected chi connectivity index (χ0v) is 21.0. The first-order valence-electron chi connectivity index (χ1n) is 10.7. The molecule has 2 aliphatic heterocycles. The number of phosphoric acid groups is 2. The third kappa shape index (κ3) is 5.83. The molecule has 10 N–H and O–H groups in total. The molecule has 2 aliphatic rings. The molecule has 2 aromatic rings. The largest absolute Gasteiger partial charge is 0.483 e. The number of fused-ring (bicyclic) bond motifs is 1. The first-order valence-corrected chi connectivity index (χ1v) is 13.7. The van der Waals surface area contributed by atoms with Gasteiger partial charge in [-0.3, -0.25) is 23.4 Å². The van der Waals surface area contributed by atoms with E-state index in [-0.39, 0.29) is 17.1 Å². The summed E-state index contributed by atoms with van der Waals surface area (Å²) < 4.78 is 49.2. The minimum atomic E-state index is -5.49. The first kappa shape index (κ1) is 29.1. The molecule has 22 heteroatoms. The number of aromatic nitrogens is 4. The van der Waals surface area contributed by atoms with Gasteiger partial charge < -0.3 is 50.5 Å². The molecule has 0 amide bonds. The van der Waals surface area contributed by atoms with Crippen molar-refractivity contribution in [3.8, 4) is 0 Å². The number of rotatable bonds is 9. The van der Waals surface area contributed by atoms with Gasteiger partial charge in [-0.15, -0.1) is 0 Å². The number of nitrogens with zero attached hydrogens (tertiary/aromatic N) is 3. The van der Waals surface area contributed by atoms with Crippen LogP contribution in [-0.4, -0.2) is 110 Å². The zero-order valence-electron chi connectivity index (χ0n) is 19.2. The minimum Gasteiger partial charge on any atom is -0.391 e. The SMILES string of the molecule is C[C@H](O)[C@H]1O[C@@H](OP(=O)(O)OP(=O)(O)OC[C@H]2O[C@@H](n3cnc4c(=O)[nH]c(N)nc43)[C@H](O)[C@@H]2O)[C@@H](O)[C@@H]1O. The molecule has 2 aromatic heterocycles. The van der Waals surface area contributed by atoms with Crippen LogP contribution in [0.2, 0.25) is 0 Å². The highest BCUT2D eigenvalue weighted by Crippen LogP contribution is 2.61. The summed E-state index contributed by atoms with van der Waals surface area (Å²) >= 11 is 0. The van der Waals surface area contributed by atoms with E-state index in [1.54, 1.807) is 0 Å². The van der Waals surface area contributed by atoms with Crippen molar-refractivity contribution in [3.05, 3.63) is 16.7 Å². The van der Waals surface area contributed by atoms with E-state index in [1.165, 1.54) is 6.92 Å². The van der Waals surface area contributed by atoms with Gasteiger partial charge >= 0.3 is 15.6 Å². The number of hydrogen-bond acceptors (Lipinski definition) is 16. The van der Waals surface area contributed by atoms with Gasteiger partial charge in [0.2, 0.25) is 5.95 Å². The van der Waals surface area contributed by atoms with E-state index in [2.05, 4.69) is 28.3 Å². The van der Waals surface area contributed by atoms with Gasteiger partial charge in [-0.25, -0.2) is 14.1 Å². The number of aromatic amines is 1. The lowest BCUT2D eigenvalue weighted by Crippen LogP contribution is -2.37. The monoisotopic (exact) mass is 589 g/mol. The fourth-order valence-electron chi connectivity index (χ4n) is 3.86. The molecule has 2 unspecified atom stereocenters. The van der Waals surface area contributed by atoms with Crippen LogP contribution in [0.3, 0.4) is 0 Å². The number of phosphoric ester groups is 2. The van der Waals surface area contributed by atoms with Crippen molar-refractivity contribution in [2.45, 2.75) is 62.2 Å². The summed E-state index contributed by atoms with van der Waals surface area (Å²) in [6.45, 7) is 0.242. The quantitative estimate of drug-likeness (QED) is 0.128. The number of aliphatic hydroxyl groups excluding tert-OH is 5. The Hall–Kier alpha value is -1.87. The summed E-state index contributed by atoms with van der Waals surface area (Å²) in [4.78, 5) is 41.6. The average Bonchev–Trinajstić information content (AvgIpc) is 3.42. The van der Waals surface area contributed by atoms with E-state index in [0.717, 1.165) is 10.9 Å². The Labute approximate surface area is 211 Å². The van der Waals surface area contributed by atoms with E-state index in [1.807, 2.05) is 0 Å². The molecular formula is C16H25N5O15P2. The predicted octanol–water partition coefficient (Wildman–Crippen LogP) is -3.60. The lowest BCUT2D eigenvalue weighted by atomic mass is 10.1. The Morgan fingerprint density at radius 2 is 1.82 bits per heavy atom. The molecule has 4 rings (SSSR count). The number of nitrogen functional groups attached to an aromatic ring is 1. The van der Waals surface area contributed by atoms with Gasteiger partial charge in [-0.2, -0.15) is 9.29 Å². The highest BCUT2D eigenvalue weighted by Gasteiger charge is 2.50. The molecule has 0 saturated carbocycles. The Balaban J connectivity index is 1.39. The van der Waals surface area contributed by atoms with Crippen LogP contribution in [0.15, 0.2) is 11.1 Å². The third-order valence-corrected chi connectivity index (χ3v) is 8.24. The number of H-pyrrole nitrogens is 1. The second kappa shape index (κ2) is 10.6. The smallest absolute Gasteiger partial charge is 0.391 e. The molecule has 0 bridgehead atoms. The van der Waals surface area contributed by atoms with Crippen LogP contribution < -0.4 is 11.3 Å². The Morgan fingerprint density at radius 3 is 2.45 bits per heavy atom. The fourth-order valence-corrected chi connectivity index (χ4v) is 6.01. The van der Waals surface area contributed by atoms with Crippen molar-refractivity contribution in [3.63, 3.8) is 0 Å². The second-order valence-corrected chi connectivity index (χ2v) is 11.4. The van der Waals surface area contributed by atoms with Crippen LogP contribution in [0.5, 0.6) is 0 Å². The number of aliphatic hydroxyl groups is 5. The molecule has 0 spiro atoms. The predicted molar refractivity (Wildman–Crippen MR) is 119 cm³/mol. The number of nitrogens with one attached hydrogen (secondary N) is 1. The first-order chi connectivity index (χ1) is 17.6. The summed E-state index contributed by atoms with van der Waals surface area (Å²) in [6, 6.07) is 0. The van der Waals surface area contributed by atoms with E-state index in [0.29, 0.717) is 0 Å². The summed E-state index contributed by atoms with van der Waals surface area (Å²) in [5, 5.41) is 49.9. The maximum Gasteiger partial charge on any atom is 0.483 e. The molecule has 4 heterocycles. The van der Waals surface area contributed by atoms with Gasteiger partial charge in [0.25, 0.3) is 5.56 Å². The normalized spacial score (nSPS) is 35.8. The van der Waals surface area contributed by atoms with Crippen LogP contribution in [0.4, 0.5) is 5.95 Å². The molecule has 20 nitrogen and oxygen atoms in total. The lowest BCUT2D eigenvalue weighted by Gasteiger charge is -2.22. The van der Waals surface area contributed by atoms with E-state index in [4.69, 9.17) is 15.2 Å². The van der Waals surface area contributed by atoms with Crippen molar-refractivity contribution >= 4 is 32.8 Å². The molecule has 0 aliphatic carbocycles. The topological polar surface area (TPSA) is 311 Å². The van der Waals surface area contributed by atoms with Crippen LogP contribution in [0.25, 0.3) is 11.2 Å². The number of anilines is 1. The summed E-state index contributed by atoms with van der Waals surface area (Å²) in [5.74, 6) is -0.266. The van der Waals surface area contributed by atoms with Crippen molar-refractivity contribution in [2.75, 3.05) is 12.3 Å². The van der Waals surface area contributed by atoms with E-state index in [9.17, 15) is 49.2 Å². The lowest BCUT2D eigenvalue weighted by molar-refractivity contribution is -0.136. The number of nitrogens with two attached hydrogens (primary N) is 1. The van der Waals surface area contributed by atoms with Crippen LogP contribution >= 0.6 is 15.6 Å². The van der Waals surface area contributed by atoms with Gasteiger partial charge in [-0.1, -0.05) is 0 Å². The molecule has 2 saturated heterocycles. The van der Waals surface area contributed by atoms with Gasteiger partial charge in [0, 0.05) is 0 Å². The van der Waals surface area contributed by atoms with Crippen molar-refractivity contribution < 1.29 is 67.3 Å². The Morgan fingerprint density at radius 1 is 1.13 bits per heavy atom. The Kier molecular flexibility index (Phi) is 8.12. The molecular weight excluding hydrogens is 564 g/mol. The highest BCUT2D eigenvalue weighted by molar-refractivity contribution is 7.61. The van der Waals surface area contributed by atoms with Crippen LogP contribution in [0, 0.1) is 0 Å². The third-order valence-electron chi connectivity index (χ3n) is 5.64. The minimum absolute atomic E-state index is 0.0992. The summed E-state index contributed by atoms with van der Waals surface area (Å²) in [7, 11) is -10.9. The van der Waals surface area contributed by atoms with Crippen LogP contribution in [0.1, 0.15) is 13.2 Å². The second-order valence-electron chi connectivity index (χ2n) is 8.43. The number of hydrogen-bond donors (Lipinski definition) is 9. The zero-order chi connectivity index (χ0) is 28.2. The van der Waals surface area contributed by atoms with Gasteiger partial charge in [0.05, 0.1) is 19.0 Å². The maximum absolute atomic E-state index is 12.3. The molecule has 214 valence electrons.